The summed E-state index contributed by atoms with van der Waals surface area (Å²) in [7, 11) is 0. The second-order valence-electron chi connectivity index (χ2n) is 3.44. The molecule has 0 bridgehead atoms. The molecule has 0 aliphatic carbocycles. The molecular formula is C10H20N2O. The molecule has 76 valence electrons. The third kappa shape index (κ3) is 2.69. The summed E-state index contributed by atoms with van der Waals surface area (Å²) in [6, 6.07) is 0. The number of hydrogen-bond donors (Lipinski definition) is 1. The van der Waals surface area contributed by atoms with Crippen LogP contribution in [0.5, 0.6) is 0 Å². The molecule has 0 aromatic rings. The van der Waals surface area contributed by atoms with Crippen LogP contribution in [-0.2, 0) is 4.74 Å². The van der Waals surface area contributed by atoms with Crippen LogP contribution in [-0.4, -0.2) is 37.0 Å². The molecule has 1 aliphatic rings. The number of ether oxygens (including phenoxy) is 1. The Hall–Kier alpha value is -0.570. The van der Waals surface area contributed by atoms with Crippen molar-refractivity contribution in [3.63, 3.8) is 0 Å². The highest BCUT2D eigenvalue weighted by atomic mass is 16.5. The normalized spacial score (nSPS) is 18.6. The molecule has 1 rings (SSSR count). The van der Waals surface area contributed by atoms with Crippen LogP contribution in [0.1, 0.15) is 26.7 Å². The lowest BCUT2D eigenvalue weighted by Crippen LogP contribution is -2.37. The highest BCUT2D eigenvalue weighted by Crippen LogP contribution is 2.17. The van der Waals surface area contributed by atoms with Crippen molar-refractivity contribution in [1.29, 1.82) is 5.41 Å². The molecule has 0 aromatic carbocycles. The van der Waals surface area contributed by atoms with Crippen molar-refractivity contribution in [2.75, 3.05) is 26.3 Å². The van der Waals surface area contributed by atoms with Gasteiger partial charge in [0.25, 0.3) is 0 Å². The van der Waals surface area contributed by atoms with Gasteiger partial charge in [-0.15, -0.1) is 0 Å². The zero-order valence-electron chi connectivity index (χ0n) is 8.68. The van der Waals surface area contributed by atoms with Crippen LogP contribution >= 0.6 is 0 Å². The van der Waals surface area contributed by atoms with Crippen molar-refractivity contribution in [1.82, 2.24) is 4.90 Å². The van der Waals surface area contributed by atoms with Gasteiger partial charge in [-0.3, -0.25) is 5.41 Å². The summed E-state index contributed by atoms with van der Waals surface area (Å²) in [4.78, 5) is 2.13. The molecule has 1 fully saturated rings. The van der Waals surface area contributed by atoms with E-state index < -0.39 is 0 Å². The second kappa shape index (κ2) is 5.22. The highest BCUT2D eigenvalue weighted by Gasteiger charge is 2.21. The summed E-state index contributed by atoms with van der Waals surface area (Å²) in [5, 5.41) is 8.01. The smallest absolute Gasteiger partial charge is 0.0991 e. The van der Waals surface area contributed by atoms with Crippen molar-refractivity contribution in [3.8, 4) is 0 Å². The first kappa shape index (κ1) is 10.5. The zero-order valence-corrected chi connectivity index (χ0v) is 8.68. The van der Waals surface area contributed by atoms with E-state index in [0.29, 0.717) is 5.92 Å². The van der Waals surface area contributed by atoms with Crippen molar-refractivity contribution in [2.45, 2.75) is 26.7 Å². The maximum atomic E-state index is 8.01. The Bertz CT molecular complexity index is 160. The first-order valence-electron chi connectivity index (χ1n) is 5.20. The Morgan fingerprint density at radius 1 is 1.31 bits per heavy atom. The van der Waals surface area contributed by atoms with E-state index in [1.807, 2.05) is 0 Å². The minimum Gasteiger partial charge on any atom is -0.381 e. The summed E-state index contributed by atoms with van der Waals surface area (Å²) in [6.45, 7) is 7.77. The molecule has 13 heavy (non-hydrogen) atoms. The fraction of sp³-hybridized carbons (Fsp3) is 0.900. The average Bonchev–Trinajstić information content (AvgIpc) is 2.21. The number of hydrogen-bond acceptors (Lipinski definition) is 2. The molecule has 1 N–H and O–H groups in total. The Balaban J connectivity index is 2.44. The van der Waals surface area contributed by atoms with Crippen LogP contribution in [0.3, 0.4) is 0 Å². The fourth-order valence-corrected chi connectivity index (χ4v) is 1.79. The minimum atomic E-state index is 0.439. The lowest BCUT2D eigenvalue weighted by Gasteiger charge is -2.30. The zero-order chi connectivity index (χ0) is 9.68. The van der Waals surface area contributed by atoms with Gasteiger partial charge in [-0.1, -0.05) is 0 Å². The first-order valence-corrected chi connectivity index (χ1v) is 5.20. The van der Waals surface area contributed by atoms with Gasteiger partial charge in [0.15, 0.2) is 0 Å². The van der Waals surface area contributed by atoms with E-state index in [-0.39, 0.29) is 0 Å². The van der Waals surface area contributed by atoms with E-state index in [2.05, 4.69) is 18.7 Å². The summed E-state index contributed by atoms with van der Waals surface area (Å²) in [5.74, 6) is 1.25. The van der Waals surface area contributed by atoms with E-state index in [0.717, 1.165) is 45.0 Å². The van der Waals surface area contributed by atoms with E-state index in [9.17, 15) is 0 Å². The van der Waals surface area contributed by atoms with Crippen molar-refractivity contribution >= 4 is 5.84 Å². The number of amidine groups is 1. The van der Waals surface area contributed by atoms with Gasteiger partial charge in [0, 0.05) is 32.2 Å². The second-order valence-corrected chi connectivity index (χ2v) is 3.44. The molecule has 0 unspecified atom stereocenters. The molecule has 0 saturated carbocycles. The van der Waals surface area contributed by atoms with Gasteiger partial charge in [0.2, 0.25) is 0 Å². The predicted octanol–water partition coefficient (Wildman–Crippen LogP) is 1.73. The number of rotatable bonds is 3. The topological polar surface area (TPSA) is 36.3 Å². The van der Waals surface area contributed by atoms with E-state index in [1.165, 1.54) is 0 Å². The predicted molar refractivity (Wildman–Crippen MR) is 54.2 cm³/mol. The molecular weight excluding hydrogens is 164 g/mol. The van der Waals surface area contributed by atoms with Gasteiger partial charge in [0.05, 0.1) is 5.84 Å². The molecule has 1 aliphatic heterocycles. The van der Waals surface area contributed by atoms with Crippen molar-refractivity contribution in [2.24, 2.45) is 5.92 Å². The SMILES string of the molecule is CCN(CC)C(=N)C1CCOCC1. The first-order chi connectivity index (χ1) is 6.29. The molecule has 1 heterocycles. The third-order valence-corrected chi connectivity index (χ3v) is 2.71. The highest BCUT2D eigenvalue weighted by molar-refractivity contribution is 5.81. The van der Waals surface area contributed by atoms with Gasteiger partial charge >= 0.3 is 0 Å². The summed E-state index contributed by atoms with van der Waals surface area (Å²) < 4.78 is 5.28. The molecule has 3 nitrogen and oxygen atoms in total. The average molecular weight is 184 g/mol. The van der Waals surface area contributed by atoms with Gasteiger partial charge in [-0.2, -0.15) is 0 Å². The van der Waals surface area contributed by atoms with Gasteiger partial charge in [-0.25, -0.2) is 0 Å². The maximum Gasteiger partial charge on any atom is 0.0991 e. The Morgan fingerprint density at radius 2 is 1.85 bits per heavy atom. The van der Waals surface area contributed by atoms with Gasteiger partial charge < -0.3 is 9.64 Å². The standard InChI is InChI=1S/C10H20N2O/c1-3-12(4-2)10(11)9-5-7-13-8-6-9/h9,11H,3-8H2,1-2H3. The molecule has 0 spiro atoms. The summed E-state index contributed by atoms with van der Waals surface area (Å²) in [5.41, 5.74) is 0. The van der Waals surface area contributed by atoms with E-state index >= 15 is 0 Å². The van der Waals surface area contributed by atoms with Crippen LogP contribution in [0.4, 0.5) is 0 Å². The molecule has 0 amide bonds. The van der Waals surface area contributed by atoms with E-state index in [4.69, 9.17) is 10.1 Å². The number of nitrogens with zero attached hydrogens (tertiary/aromatic N) is 1. The van der Waals surface area contributed by atoms with Gasteiger partial charge in [-0.05, 0) is 26.7 Å². The monoisotopic (exact) mass is 184 g/mol. The van der Waals surface area contributed by atoms with Crippen LogP contribution in [0.15, 0.2) is 0 Å². The lowest BCUT2D eigenvalue weighted by atomic mass is 9.98. The van der Waals surface area contributed by atoms with Crippen LogP contribution in [0, 0.1) is 11.3 Å². The molecule has 3 heteroatoms. The Morgan fingerprint density at radius 3 is 2.31 bits per heavy atom. The summed E-state index contributed by atoms with van der Waals surface area (Å²) >= 11 is 0. The molecule has 0 radical (unpaired) electrons. The largest absolute Gasteiger partial charge is 0.381 e. The summed E-state index contributed by atoms with van der Waals surface area (Å²) in [6.07, 6.45) is 2.05. The van der Waals surface area contributed by atoms with Crippen LogP contribution < -0.4 is 0 Å². The Kier molecular flexibility index (Phi) is 4.22. The van der Waals surface area contributed by atoms with Crippen LogP contribution in [0.2, 0.25) is 0 Å². The van der Waals surface area contributed by atoms with Crippen molar-refractivity contribution < 1.29 is 4.74 Å². The number of nitrogens with one attached hydrogen (secondary N) is 1. The quantitative estimate of drug-likeness (QED) is 0.535. The molecule has 0 aromatic heterocycles. The molecule has 0 atom stereocenters. The van der Waals surface area contributed by atoms with E-state index in [1.54, 1.807) is 0 Å². The lowest BCUT2D eigenvalue weighted by molar-refractivity contribution is 0.0796. The third-order valence-electron chi connectivity index (χ3n) is 2.71. The maximum absolute atomic E-state index is 8.01. The van der Waals surface area contributed by atoms with Crippen LogP contribution in [0.25, 0.3) is 0 Å². The molecule has 1 saturated heterocycles. The Labute approximate surface area is 80.6 Å². The van der Waals surface area contributed by atoms with Gasteiger partial charge in [0.1, 0.15) is 0 Å². The minimum absolute atomic E-state index is 0.439. The fourth-order valence-electron chi connectivity index (χ4n) is 1.79. The van der Waals surface area contributed by atoms with Crippen molar-refractivity contribution in [3.05, 3.63) is 0 Å².